The summed E-state index contributed by atoms with van der Waals surface area (Å²) in [6, 6.07) is 0. The van der Waals surface area contributed by atoms with Crippen LogP contribution in [0.4, 0.5) is 13.2 Å². The van der Waals surface area contributed by atoms with Crippen LogP contribution >= 0.6 is 24.0 Å². The minimum atomic E-state index is -4.66. The van der Waals surface area contributed by atoms with Crippen LogP contribution in [0.1, 0.15) is 6.92 Å². The third-order valence-corrected chi connectivity index (χ3v) is 1.96. The topological polar surface area (TPSA) is 29.5 Å². The zero-order valence-electron chi connectivity index (χ0n) is 6.09. The van der Waals surface area contributed by atoms with Crippen molar-refractivity contribution in [3.63, 3.8) is 0 Å². The summed E-state index contributed by atoms with van der Waals surface area (Å²) < 4.78 is 39.2. The van der Waals surface area contributed by atoms with Gasteiger partial charge in [-0.1, -0.05) is 0 Å². The summed E-state index contributed by atoms with van der Waals surface area (Å²) in [6.07, 6.45) is -4.66. The highest BCUT2D eigenvalue weighted by Gasteiger charge is 2.39. The summed E-state index contributed by atoms with van der Waals surface area (Å²) in [6.45, 7) is 1.78. The van der Waals surface area contributed by atoms with Gasteiger partial charge in [0.1, 0.15) is 0 Å². The first-order valence-electron chi connectivity index (χ1n) is 2.96. The van der Waals surface area contributed by atoms with Gasteiger partial charge >= 0.3 is 6.18 Å². The monoisotopic (exact) mass is 220 g/mol. The average Bonchev–Trinajstić information content (AvgIpc) is 1.85. The van der Waals surface area contributed by atoms with E-state index in [0.717, 1.165) is 0 Å². The summed E-state index contributed by atoms with van der Waals surface area (Å²) in [5.41, 5.74) is -2.50. The molecule has 1 N–H and O–H groups in total. The van der Waals surface area contributed by atoms with Crippen LogP contribution < -0.4 is 0 Å². The van der Waals surface area contributed by atoms with E-state index in [0.29, 0.717) is 0 Å². The van der Waals surface area contributed by atoms with Gasteiger partial charge in [0.15, 0.2) is 0 Å². The minimum Gasteiger partial charge on any atom is -0.479 e. The van der Waals surface area contributed by atoms with Crippen molar-refractivity contribution in [2.45, 2.75) is 18.5 Å². The number of hydrogen-bond acceptors (Lipinski definition) is 4. The molecule has 7 heteroatoms. The number of hydrogen-bond donors (Lipinski definition) is 1. The second-order valence-electron chi connectivity index (χ2n) is 1.69. The van der Waals surface area contributed by atoms with Gasteiger partial charge in [0, 0.05) is 0 Å². The molecular formula is C5H7F3O2S2. The van der Waals surface area contributed by atoms with Crippen LogP contribution in [0, 0.1) is 0 Å². The highest BCUT2D eigenvalue weighted by molar-refractivity contribution is 8.22. The molecule has 0 fully saturated rings. The number of aliphatic hydroxyl groups is 1. The average molecular weight is 220 g/mol. The Morgan fingerprint density at radius 3 is 2.50 bits per heavy atom. The van der Waals surface area contributed by atoms with E-state index >= 15 is 0 Å². The Labute approximate surface area is 77.1 Å². The van der Waals surface area contributed by atoms with Crippen LogP contribution in [0.5, 0.6) is 0 Å². The fourth-order valence-corrected chi connectivity index (χ4v) is 1.20. The van der Waals surface area contributed by atoms with E-state index in [1.165, 1.54) is 0 Å². The van der Waals surface area contributed by atoms with Crippen molar-refractivity contribution in [2.24, 2.45) is 0 Å². The van der Waals surface area contributed by atoms with Gasteiger partial charge in [0.05, 0.1) is 6.61 Å². The summed E-state index contributed by atoms with van der Waals surface area (Å²) in [5, 5.41) is 8.45. The molecule has 0 radical (unpaired) electrons. The molecule has 0 aliphatic heterocycles. The molecule has 0 rings (SSSR count). The zero-order chi connectivity index (χ0) is 9.78. The summed E-state index contributed by atoms with van der Waals surface area (Å²) in [4.78, 5) is 0. The Balaban J connectivity index is 3.84. The van der Waals surface area contributed by atoms with E-state index in [1.54, 1.807) is 6.92 Å². The Morgan fingerprint density at radius 1 is 1.67 bits per heavy atom. The predicted molar refractivity (Wildman–Crippen MR) is 43.9 cm³/mol. The fourth-order valence-electron chi connectivity index (χ4n) is 0.310. The van der Waals surface area contributed by atoms with Gasteiger partial charge in [-0.3, -0.25) is 0 Å². The predicted octanol–water partition coefficient (Wildman–Crippen LogP) is 1.92. The summed E-state index contributed by atoms with van der Waals surface area (Å²) in [5.74, 6) is 0. The van der Waals surface area contributed by atoms with Crippen molar-refractivity contribution in [3.05, 3.63) is 0 Å². The van der Waals surface area contributed by atoms with Crippen molar-refractivity contribution in [2.75, 3.05) is 6.61 Å². The van der Waals surface area contributed by atoms with Crippen LogP contribution in [-0.2, 0) is 4.74 Å². The molecule has 0 heterocycles. The molecule has 0 aromatic carbocycles. The lowest BCUT2D eigenvalue weighted by molar-refractivity contribution is -0.173. The molecule has 0 bridgehead atoms. The van der Waals surface area contributed by atoms with Gasteiger partial charge in [0.25, 0.3) is 0 Å². The largest absolute Gasteiger partial charge is 0.479 e. The van der Waals surface area contributed by atoms with Crippen molar-refractivity contribution < 1.29 is 23.0 Å². The maximum atomic E-state index is 11.7. The fraction of sp³-hybridized carbons (Fsp3) is 0.800. The smallest absolute Gasteiger partial charge is 0.424 e. The summed E-state index contributed by atoms with van der Waals surface area (Å²) in [7, 11) is 0. The van der Waals surface area contributed by atoms with Gasteiger partial charge in [-0.2, -0.15) is 13.2 Å². The number of rotatable bonds is 2. The maximum Gasteiger partial charge on any atom is 0.424 e. The van der Waals surface area contributed by atoms with E-state index in [2.05, 4.69) is 17.0 Å². The molecule has 12 heavy (non-hydrogen) atoms. The lowest BCUT2D eigenvalue weighted by atomic mass is 10.7. The van der Waals surface area contributed by atoms with Gasteiger partial charge in [0.2, 0.25) is 9.82 Å². The van der Waals surface area contributed by atoms with Crippen LogP contribution in [0.2, 0.25) is 0 Å². The van der Waals surface area contributed by atoms with Crippen molar-refractivity contribution in [3.8, 4) is 0 Å². The zero-order valence-corrected chi connectivity index (χ0v) is 7.72. The van der Waals surface area contributed by atoms with Crippen molar-refractivity contribution in [1.29, 1.82) is 0 Å². The highest BCUT2D eigenvalue weighted by atomic mass is 32.2. The molecule has 0 saturated carbocycles. The number of thioether (sulfide) groups is 1. The van der Waals surface area contributed by atoms with Gasteiger partial charge < -0.3 is 9.84 Å². The Morgan fingerprint density at radius 2 is 2.17 bits per heavy atom. The molecule has 0 spiro atoms. The van der Waals surface area contributed by atoms with Gasteiger partial charge in [-0.25, -0.2) is 0 Å². The molecule has 0 saturated heterocycles. The molecular weight excluding hydrogens is 213 g/mol. The molecule has 1 unspecified atom stereocenters. The first-order chi connectivity index (χ1) is 5.38. The van der Waals surface area contributed by atoms with Gasteiger partial charge in [-0.05, 0) is 30.9 Å². The molecule has 1 atom stereocenters. The first kappa shape index (κ1) is 12.0. The van der Waals surface area contributed by atoms with E-state index in [4.69, 9.17) is 5.11 Å². The van der Waals surface area contributed by atoms with Crippen molar-refractivity contribution >= 4 is 28.4 Å². The Bertz CT molecular complexity index is 159. The summed E-state index contributed by atoms with van der Waals surface area (Å²) >= 11 is 4.45. The second kappa shape index (κ2) is 4.88. The third-order valence-electron chi connectivity index (χ3n) is 0.750. The number of thiocarbonyl (C=S) groups is 1. The van der Waals surface area contributed by atoms with E-state index in [9.17, 15) is 13.2 Å². The van der Waals surface area contributed by atoms with Crippen LogP contribution in [-0.4, -0.2) is 27.7 Å². The number of alkyl halides is 3. The quantitative estimate of drug-likeness (QED) is 0.568. The number of halogens is 3. The molecule has 2 nitrogen and oxygen atoms in total. The van der Waals surface area contributed by atoms with Gasteiger partial charge in [-0.15, -0.1) is 0 Å². The van der Waals surface area contributed by atoms with E-state index in [-0.39, 0.29) is 22.8 Å². The lowest BCUT2D eigenvalue weighted by Gasteiger charge is -2.13. The standard InChI is InChI=1S/C5H7F3O2S2/c1-2-10-4(11)12-3(9)5(6,7)8/h3,9H,2H2,1H3. The SMILES string of the molecule is CCOC(=S)SC(O)C(F)(F)F. The molecule has 0 aromatic heterocycles. The maximum absolute atomic E-state index is 11.7. The molecule has 0 aliphatic carbocycles. The first-order valence-corrected chi connectivity index (χ1v) is 4.25. The number of aliphatic hydroxyl groups excluding tert-OH is 1. The minimum absolute atomic E-state index is 0.0709. The molecule has 0 aliphatic rings. The van der Waals surface area contributed by atoms with Crippen LogP contribution in [0.15, 0.2) is 0 Å². The van der Waals surface area contributed by atoms with Crippen LogP contribution in [0.3, 0.4) is 0 Å². The highest BCUT2D eigenvalue weighted by Crippen LogP contribution is 2.29. The Kier molecular flexibility index (Phi) is 4.88. The van der Waals surface area contributed by atoms with E-state index < -0.39 is 11.6 Å². The third kappa shape index (κ3) is 4.78. The molecule has 72 valence electrons. The lowest BCUT2D eigenvalue weighted by Crippen LogP contribution is -2.26. The second-order valence-corrected chi connectivity index (χ2v) is 3.38. The van der Waals surface area contributed by atoms with E-state index in [1.807, 2.05) is 0 Å². The normalized spacial score (nSPS) is 14.1. The molecule has 0 aromatic rings. The number of ether oxygens (including phenoxy) is 1. The molecule has 0 amide bonds. The Hall–Kier alpha value is -0.0100. The van der Waals surface area contributed by atoms with Crippen LogP contribution in [0.25, 0.3) is 0 Å². The van der Waals surface area contributed by atoms with Crippen molar-refractivity contribution in [1.82, 2.24) is 0 Å².